The normalized spacial score (nSPS) is 10.1. The number of aromatic nitrogens is 2. The number of nitrogens with zero attached hydrogens (tertiary/aromatic N) is 2. The van der Waals surface area contributed by atoms with Gasteiger partial charge in [-0.15, -0.1) is 0 Å². The number of hydrogen-bond acceptors (Lipinski definition) is 5. The molecule has 1 rings (SSSR count). The van der Waals surface area contributed by atoms with E-state index >= 15 is 0 Å². The first-order valence-electron chi connectivity index (χ1n) is 3.39. The van der Waals surface area contributed by atoms with Gasteiger partial charge in [0.2, 0.25) is 0 Å². The first-order valence-corrected chi connectivity index (χ1v) is 4.38. The number of carboxylic acid groups (broad SMARTS) is 1. The van der Waals surface area contributed by atoms with Crippen LogP contribution in [0.4, 0.5) is 0 Å². The van der Waals surface area contributed by atoms with Gasteiger partial charge in [0.05, 0.1) is 0 Å². The summed E-state index contributed by atoms with van der Waals surface area (Å²) in [6.07, 6.45) is 0.692. The van der Waals surface area contributed by atoms with Crippen molar-refractivity contribution in [2.75, 3.05) is 5.75 Å². The Bertz CT molecular complexity index is 274. The zero-order valence-corrected chi connectivity index (χ0v) is 7.30. The molecule has 1 aromatic heterocycles. The first kappa shape index (κ1) is 9.05. The van der Waals surface area contributed by atoms with Crippen LogP contribution in [0, 0.1) is 0 Å². The molecule has 1 N–H and O–H groups in total. The van der Waals surface area contributed by atoms with Gasteiger partial charge in [-0.1, -0.05) is 23.8 Å². The van der Waals surface area contributed by atoms with E-state index in [0.29, 0.717) is 17.5 Å². The van der Waals surface area contributed by atoms with Crippen molar-refractivity contribution in [1.29, 1.82) is 0 Å². The van der Waals surface area contributed by atoms with E-state index in [1.807, 2.05) is 6.92 Å². The van der Waals surface area contributed by atoms with Crippen LogP contribution in [0.25, 0.3) is 0 Å². The molecule has 0 unspecified atom stereocenters. The maximum absolute atomic E-state index is 10.1. The fourth-order valence-electron chi connectivity index (χ4n) is 0.564. The van der Waals surface area contributed by atoms with Crippen LogP contribution in [0.5, 0.6) is 0 Å². The van der Waals surface area contributed by atoms with Crippen molar-refractivity contribution in [3.05, 3.63) is 5.82 Å². The molecule has 0 bridgehead atoms. The zero-order chi connectivity index (χ0) is 8.97. The third kappa shape index (κ3) is 2.54. The molecular formula is C6H8N2O3S. The Kier molecular flexibility index (Phi) is 3.09. The molecule has 0 saturated heterocycles. The lowest BCUT2D eigenvalue weighted by Crippen LogP contribution is -1.97. The molecule has 0 saturated carbocycles. The van der Waals surface area contributed by atoms with Crippen molar-refractivity contribution >= 4 is 17.7 Å². The Labute approximate surface area is 73.2 Å². The molecule has 0 spiro atoms. The quantitative estimate of drug-likeness (QED) is 0.704. The van der Waals surface area contributed by atoms with E-state index in [2.05, 4.69) is 10.1 Å². The van der Waals surface area contributed by atoms with E-state index in [4.69, 9.17) is 9.63 Å². The SMILES string of the molecule is CCc1noc(SCC(=O)O)n1. The van der Waals surface area contributed by atoms with Crippen LogP contribution in [-0.2, 0) is 11.2 Å². The molecule has 1 aromatic rings. The second kappa shape index (κ2) is 4.10. The highest BCUT2D eigenvalue weighted by atomic mass is 32.2. The summed E-state index contributed by atoms with van der Waals surface area (Å²) in [6.45, 7) is 1.90. The van der Waals surface area contributed by atoms with Gasteiger partial charge in [0.15, 0.2) is 5.82 Å². The summed E-state index contributed by atoms with van der Waals surface area (Å²) in [5.74, 6) is -0.343. The number of hydrogen-bond donors (Lipinski definition) is 1. The number of carboxylic acids is 1. The lowest BCUT2D eigenvalue weighted by molar-refractivity contribution is -0.133. The number of aryl methyl sites for hydroxylation is 1. The van der Waals surface area contributed by atoms with Crippen LogP contribution in [-0.4, -0.2) is 27.0 Å². The fraction of sp³-hybridized carbons (Fsp3) is 0.500. The second-order valence-corrected chi connectivity index (χ2v) is 2.94. The second-order valence-electron chi connectivity index (χ2n) is 2.01. The van der Waals surface area contributed by atoms with E-state index in [-0.39, 0.29) is 5.75 Å². The van der Waals surface area contributed by atoms with Crippen molar-refractivity contribution in [3.8, 4) is 0 Å². The topological polar surface area (TPSA) is 76.2 Å². The predicted octanol–water partition coefficient (Wildman–Crippen LogP) is 0.809. The zero-order valence-electron chi connectivity index (χ0n) is 6.48. The highest BCUT2D eigenvalue weighted by Crippen LogP contribution is 2.14. The minimum absolute atomic E-state index is 0.0503. The van der Waals surface area contributed by atoms with E-state index in [1.165, 1.54) is 0 Å². The van der Waals surface area contributed by atoms with E-state index in [9.17, 15) is 4.79 Å². The summed E-state index contributed by atoms with van der Waals surface area (Å²) < 4.78 is 4.74. The molecule has 5 nitrogen and oxygen atoms in total. The van der Waals surface area contributed by atoms with Gasteiger partial charge in [-0.25, -0.2) is 0 Å². The monoisotopic (exact) mass is 188 g/mol. The minimum atomic E-state index is -0.892. The van der Waals surface area contributed by atoms with E-state index < -0.39 is 5.97 Å². The molecule has 66 valence electrons. The maximum atomic E-state index is 10.1. The van der Waals surface area contributed by atoms with Crippen LogP contribution in [0.3, 0.4) is 0 Å². The molecule has 0 aliphatic rings. The third-order valence-electron chi connectivity index (χ3n) is 1.08. The van der Waals surface area contributed by atoms with Gasteiger partial charge in [0.1, 0.15) is 5.75 Å². The molecule has 0 amide bonds. The Morgan fingerprint density at radius 1 is 1.75 bits per heavy atom. The average molecular weight is 188 g/mol. The van der Waals surface area contributed by atoms with Gasteiger partial charge in [-0.05, 0) is 0 Å². The molecule has 12 heavy (non-hydrogen) atoms. The molecular weight excluding hydrogens is 180 g/mol. The Morgan fingerprint density at radius 3 is 3.00 bits per heavy atom. The molecule has 0 aliphatic heterocycles. The van der Waals surface area contributed by atoms with Gasteiger partial charge in [-0.2, -0.15) is 4.98 Å². The summed E-state index contributed by atoms with van der Waals surface area (Å²) >= 11 is 1.02. The van der Waals surface area contributed by atoms with Crippen LogP contribution >= 0.6 is 11.8 Å². The molecule has 0 fully saturated rings. The van der Waals surface area contributed by atoms with Crippen molar-refractivity contribution in [2.45, 2.75) is 18.6 Å². The summed E-state index contributed by atoms with van der Waals surface area (Å²) in [7, 11) is 0. The van der Waals surface area contributed by atoms with Gasteiger partial charge >= 0.3 is 5.97 Å². The highest BCUT2D eigenvalue weighted by Gasteiger charge is 2.06. The van der Waals surface area contributed by atoms with Crippen molar-refractivity contribution < 1.29 is 14.4 Å². The predicted molar refractivity (Wildman–Crippen MR) is 42.0 cm³/mol. The summed E-state index contributed by atoms with van der Waals surface area (Å²) in [4.78, 5) is 14.1. The van der Waals surface area contributed by atoms with Crippen LogP contribution in [0.2, 0.25) is 0 Å². The van der Waals surface area contributed by atoms with Crippen LogP contribution < -0.4 is 0 Å². The molecule has 0 atom stereocenters. The molecule has 0 radical (unpaired) electrons. The van der Waals surface area contributed by atoms with Crippen molar-refractivity contribution in [1.82, 2.24) is 10.1 Å². The van der Waals surface area contributed by atoms with E-state index in [0.717, 1.165) is 11.8 Å². The Balaban J connectivity index is 2.47. The van der Waals surface area contributed by atoms with Crippen molar-refractivity contribution in [2.24, 2.45) is 0 Å². The highest BCUT2D eigenvalue weighted by molar-refractivity contribution is 7.99. The third-order valence-corrected chi connectivity index (χ3v) is 1.89. The molecule has 6 heteroatoms. The first-order chi connectivity index (χ1) is 5.72. The smallest absolute Gasteiger partial charge is 0.314 e. The number of aliphatic carboxylic acids is 1. The number of thioether (sulfide) groups is 1. The number of carbonyl (C=O) groups is 1. The van der Waals surface area contributed by atoms with Crippen LogP contribution in [0.15, 0.2) is 9.75 Å². The standard InChI is InChI=1S/C6H8N2O3S/c1-2-4-7-6(11-8-4)12-3-5(9)10/h2-3H2,1H3,(H,9,10). The van der Waals surface area contributed by atoms with Crippen LogP contribution in [0.1, 0.15) is 12.7 Å². The minimum Gasteiger partial charge on any atom is -0.481 e. The summed E-state index contributed by atoms with van der Waals surface area (Å²) in [5.41, 5.74) is 0. The van der Waals surface area contributed by atoms with Gasteiger partial charge in [-0.3, -0.25) is 4.79 Å². The fourth-order valence-corrected chi connectivity index (χ4v) is 1.07. The Morgan fingerprint density at radius 2 is 2.50 bits per heavy atom. The maximum Gasteiger partial charge on any atom is 0.314 e. The molecule has 0 aromatic carbocycles. The number of rotatable bonds is 4. The van der Waals surface area contributed by atoms with Crippen molar-refractivity contribution in [3.63, 3.8) is 0 Å². The molecule has 1 heterocycles. The van der Waals surface area contributed by atoms with Gasteiger partial charge in [0, 0.05) is 6.42 Å². The molecule has 0 aliphatic carbocycles. The lowest BCUT2D eigenvalue weighted by atomic mass is 10.5. The lowest BCUT2D eigenvalue weighted by Gasteiger charge is -1.86. The summed E-state index contributed by atoms with van der Waals surface area (Å²) in [5, 5.41) is 12.3. The largest absolute Gasteiger partial charge is 0.481 e. The Hall–Kier alpha value is -1.04. The average Bonchev–Trinajstić information content (AvgIpc) is 2.48. The summed E-state index contributed by atoms with van der Waals surface area (Å²) in [6, 6.07) is 0. The van der Waals surface area contributed by atoms with E-state index in [1.54, 1.807) is 0 Å². The van der Waals surface area contributed by atoms with Gasteiger partial charge < -0.3 is 9.63 Å². The van der Waals surface area contributed by atoms with Gasteiger partial charge in [0.25, 0.3) is 5.22 Å².